The number of carboxylic acid groups (broad SMARTS) is 1. The van der Waals surface area contributed by atoms with Gasteiger partial charge in [0.1, 0.15) is 6.04 Å². The molecule has 0 bridgehead atoms. The van der Waals surface area contributed by atoms with E-state index in [2.05, 4.69) is 16.0 Å². The molecule has 8 nitrogen and oxygen atoms in total. The summed E-state index contributed by atoms with van der Waals surface area (Å²) in [6, 6.07) is -1.11. The van der Waals surface area contributed by atoms with E-state index in [-0.39, 0.29) is 17.0 Å². The molecule has 0 radical (unpaired) electrons. The van der Waals surface area contributed by atoms with Crippen LogP contribution in [-0.2, 0) is 9.59 Å². The number of hydrogen-bond donors (Lipinski definition) is 4. The summed E-state index contributed by atoms with van der Waals surface area (Å²) in [5, 5.41) is 16.5. The molecule has 3 amide bonds. The summed E-state index contributed by atoms with van der Waals surface area (Å²) >= 11 is 5.69. The van der Waals surface area contributed by atoms with Gasteiger partial charge >= 0.3 is 5.97 Å². The Hall–Kier alpha value is -0.710. The second kappa shape index (κ2) is 9.29. The molecule has 4 N–H and O–H groups in total. The predicted molar refractivity (Wildman–Crippen MR) is 117 cm³/mol. The molecule has 136 valence electrons. The van der Waals surface area contributed by atoms with Crippen molar-refractivity contribution in [3.63, 3.8) is 0 Å². The quantitative estimate of drug-likeness (QED) is 0.354. The second-order valence-electron chi connectivity index (χ2n) is 4.86. The van der Waals surface area contributed by atoms with Crippen LogP contribution in [0.1, 0.15) is 34.6 Å². The van der Waals surface area contributed by atoms with Crippen LogP contribution in [0, 0.1) is 10.7 Å². The Morgan fingerprint density at radius 3 is 1.84 bits per heavy atom. The van der Waals surface area contributed by atoms with Gasteiger partial charge in [0.15, 0.2) is 0 Å². The third kappa shape index (κ3) is 5.15. The Kier molecular flexibility index (Phi) is 8.30. The van der Waals surface area contributed by atoms with E-state index in [1.807, 2.05) is 67.8 Å². The van der Waals surface area contributed by atoms with Crippen molar-refractivity contribution in [2.24, 2.45) is 0 Å². The summed E-state index contributed by atoms with van der Waals surface area (Å²) in [5.74, 6) is -2.60. The number of carbonyl (C=O) groups excluding carboxylic acids is 3. The molecule has 0 spiro atoms. The summed E-state index contributed by atoms with van der Waals surface area (Å²) in [4.78, 5) is 47.3. The van der Waals surface area contributed by atoms with Crippen LogP contribution in [0.15, 0.2) is 0 Å². The smallest absolute Gasteiger partial charge is 0.325 e. The normalized spacial score (nSPS) is 11.4. The van der Waals surface area contributed by atoms with Gasteiger partial charge in [-0.25, -0.2) is 0 Å². The number of anilines is 1. The topological polar surface area (TPSA) is 125 Å². The minimum absolute atomic E-state index is 0.136. The van der Waals surface area contributed by atoms with Crippen molar-refractivity contribution in [1.82, 2.24) is 10.6 Å². The molecule has 0 heterocycles. The summed E-state index contributed by atoms with van der Waals surface area (Å²) in [6.45, 7) is 2.65. The van der Waals surface area contributed by atoms with Gasteiger partial charge in [0.2, 0.25) is 5.91 Å². The number of aliphatic carboxylic acids is 1. The molecule has 0 fully saturated rings. The van der Waals surface area contributed by atoms with E-state index in [1.54, 1.807) is 0 Å². The van der Waals surface area contributed by atoms with Crippen molar-refractivity contribution in [3.8, 4) is 0 Å². The average Bonchev–Trinajstić information content (AvgIpc) is 2.50. The monoisotopic (exact) mass is 685 g/mol. The van der Waals surface area contributed by atoms with Gasteiger partial charge < -0.3 is 21.1 Å². The van der Waals surface area contributed by atoms with Gasteiger partial charge in [-0.1, -0.05) is 0 Å². The van der Waals surface area contributed by atoms with E-state index in [1.165, 1.54) is 20.9 Å². The molecule has 0 saturated heterocycles. The first-order valence-electron chi connectivity index (χ1n) is 6.76. The SMILES string of the molecule is CNC(=O)c1c(I)c(NC(C)=O)c(I)c(C(=O)N[C@@H](C)C(=O)O)c1I. The molecule has 11 heteroatoms. The second-order valence-corrected chi connectivity index (χ2v) is 8.10. The van der Waals surface area contributed by atoms with Crippen LogP contribution in [0.3, 0.4) is 0 Å². The van der Waals surface area contributed by atoms with Crippen molar-refractivity contribution in [3.05, 3.63) is 21.8 Å². The van der Waals surface area contributed by atoms with Gasteiger partial charge in [-0.15, -0.1) is 0 Å². The van der Waals surface area contributed by atoms with Crippen molar-refractivity contribution >= 4 is 97.2 Å². The molecule has 0 aliphatic rings. The van der Waals surface area contributed by atoms with Crippen molar-refractivity contribution in [2.45, 2.75) is 19.9 Å². The van der Waals surface area contributed by atoms with Gasteiger partial charge in [0.25, 0.3) is 11.8 Å². The highest BCUT2D eigenvalue weighted by Gasteiger charge is 2.29. The average molecular weight is 685 g/mol. The van der Waals surface area contributed by atoms with E-state index in [9.17, 15) is 19.2 Å². The summed E-state index contributed by atoms with van der Waals surface area (Å²) in [5.41, 5.74) is 0.707. The lowest BCUT2D eigenvalue weighted by atomic mass is 10.1. The van der Waals surface area contributed by atoms with Crippen LogP contribution in [0.5, 0.6) is 0 Å². The lowest BCUT2D eigenvalue weighted by molar-refractivity contribution is -0.138. The molecule has 1 aromatic carbocycles. The van der Waals surface area contributed by atoms with Crippen LogP contribution in [-0.4, -0.2) is 41.9 Å². The Morgan fingerprint density at radius 2 is 1.44 bits per heavy atom. The van der Waals surface area contributed by atoms with E-state index in [4.69, 9.17) is 5.11 Å². The molecule has 25 heavy (non-hydrogen) atoms. The maximum atomic E-state index is 12.6. The zero-order valence-electron chi connectivity index (χ0n) is 13.3. The van der Waals surface area contributed by atoms with Gasteiger partial charge in [-0.2, -0.15) is 0 Å². The molecular weight excluding hydrogens is 671 g/mol. The number of rotatable bonds is 5. The van der Waals surface area contributed by atoms with Crippen LogP contribution in [0.2, 0.25) is 0 Å². The maximum absolute atomic E-state index is 12.6. The Bertz CT molecular complexity index is 767. The molecule has 0 aliphatic carbocycles. The summed E-state index contributed by atoms with van der Waals surface area (Å²) in [7, 11) is 1.46. The Balaban J connectivity index is 3.65. The molecule has 1 atom stereocenters. The van der Waals surface area contributed by atoms with Crippen LogP contribution >= 0.6 is 67.8 Å². The van der Waals surface area contributed by atoms with Crippen LogP contribution < -0.4 is 16.0 Å². The number of carbonyl (C=O) groups is 4. The third-order valence-corrected chi connectivity index (χ3v) is 6.25. The highest BCUT2D eigenvalue weighted by atomic mass is 127. The predicted octanol–water partition coefficient (Wildman–Crippen LogP) is 2.02. The van der Waals surface area contributed by atoms with E-state index >= 15 is 0 Å². The molecule has 0 unspecified atom stereocenters. The maximum Gasteiger partial charge on any atom is 0.325 e. The number of hydrogen-bond acceptors (Lipinski definition) is 4. The minimum atomic E-state index is -1.18. The Labute approximate surface area is 184 Å². The van der Waals surface area contributed by atoms with Crippen molar-refractivity contribution in [2.75, 3.05) is 12.4 Å². The lowest BCUT2D eigenvalue weighted by Gasteiger charge is -2.19. The first-order chi connectivity index (χ1) is 11.5. The standard InChI is InChI=1S/C14H14I3N3O5/c1-4(14(24)25)19-13(23)7-8(15)6(12(22)18-3)9(16)11(10(7)17)20-5(2)21/h4H,1-3H3,(H,18,22)(H,19,23)(H,20,21)(H,24,25)/t4-/m0/s1. The fourth-order valence-electron chi connectivity index (χ4n) is 1.80. The van der Waals surface area contributed by atoms with E-state index in [0.29, 0.717) is 16.4 Å². The van der Waals surface area contributed by atoms with Gasteiger partial charge in [-0.05, 0) is 74.7 Å². The zero-order valence-corrected chi connectivity index (χ0v) is 19.8. The highest BCUT2D eigenvalue weighted by molar-refractivity contribution is 14.1. The summed E-state index contributed by atoms with van der Waals surface area (Å²) < 4.78 is 1.28. The molecular formula is C14H14I3N3O5. The van der Waals surface area contributed by atoms with Gasteiger partial charge in [0.05, 0.1) is 24.0 Å². The first-order valence-corrected chi connectivity index (χ1v) is 10.00. The highest BCUT2D eigenvalue weighted by Crippen LogP contribution is 2.35. The van der Waals surface area contributed by atoms with Gasteiger partial charge in [-0.3, -0.25) is 19.2 Å². The molecule has 1 rings (SSSR count). The lowest BCUT2D eigenvalue weighted by Crippen LogP contribution is -2.39. The van der Waals surface area contributed by atoms with Crippen molar-refractivity contribution in [1.29, 1.82) is 0 Å². The number of benzene rings is 1. The van der Waals surface area contributed by atoms with E-state index in [0.717, 1.165) is 0 Å². The summed E-state index contributed by atoms with van der Waals surface area (Å²) in [6.07, 6.45) is 0. The number of halogens is 3. The van der Waals surface area contributed by atoms with E-state index < -0.39 is 23.8 Å². The molecule has 0 aromatic heterocycles. The number of amides is 3. The zero-order chi connectivity index (χ0) is 19.5. The fraction of sp³-hybridized carbons (Fsp3) is 0.286. The first kappa shape index (κ1) is 22.3. The van der Waals surface area contributed by atoms with Crippen LogP contribution in [0.25, 0.3) is 0 Å². The molecule has 0 saturated carbocycles. The Morgan fingerprint density at radius 1 is 0.960 bits per heavy atom. The molecule has 1 aromatic rings. The molecule has 0 aliphatic heterocycles. The fourth-order valence-corrected chi connectivity index (χ4v) is 6.22. The minimum Gasteiger partial charge on any atom is -0.480 e. The number of carboxylic acids is 1. The van der Waals surface area contributed by atoms with Crippen LogP contribution in [0.4, 0.5) is 5.69 Å². The van der Waals surface area contributed by atoms with Crippen molar-refractivity contribution < 1.29 is 24.3 Å². The van der Waals surface area contributed by atoms with Gasteiger partial charge in [0, 0.05) is 17.5 Å². The largest absolute Gasteiger partial charge is 0.480 e. The number of nitrogens with one attached hydrogen (secondary N) is 3. The third-order valence-electron chi connectivity index (χ3n) is 3.02.